The minimum absolute atomic E-state index is 0.0506. The Morgan fingerprint density at radius 3 is 2.57 bits per heavy atom. The zero-order chi connectivity index (χ0) is 14.5. The van der Waals surface area contributed by atoms with Gasteiger partial charge in [-0.2, -0.15) is 0 Å². The molecule has 2 heterocycles. The maximum absolute atomic E-state index is 6.21. The van der Waals surface area contributed by atoms with Crippen molar-refractivity contribution in [1.82, 2.24) is 9.97 Å². The molecule has 1 unspecified atom stereocenters. The minimum Gasteiger partial charge on any atom is -0.327 e. The summed E-state index contributed by atoms with van der Waals surface area (Å²) >= 11 is 1.67. The van der Waals surface area contributed by atoms with E-state index in [4.69, 9.17) is 5.73 Å². The monoisotopic (exact) mass is 295 g/mol. The Bertz CT molecular complexity index is 680. The van der Waals surface area contributed by atoms with Crippen LogP contribution >= 0.6 is 11.3 Å². The molecule has 106 valence electrons. The second-order valence-electron chi connectivity index (χ2n) is 4.98. The van der Waals surface area contributed by atoms with E-state index in [9.17, 15) is 0 Å². The average molecular weight is 295 g/mol. The molecule has 3 aromatic rings. The van der Waals surface area contributed by atoms with Gasteiger partial charge in [-0.1, -0.05) is 36.4 Å². The summed E-state index contributed by atoms with van der Waals surface area (Å²) in [6.45, 7) is 0. The first-order valence-electron chi connectivity index (χ1n) is 6.96. The Kier molecular flexibility index (Phi) is 4.38. The first-order chi connectivity index (χ1) is 10.3. The van der Waals surface area contributed by atoms with Crippen LogP contribution in [0, 0.1) is 0 Å². The summed E-state index contributed by atoms with van der Waals surface area (Å²) in [4.78, 5) is 9.00. The van der Waals surface area contributed by atoms with Crippen molar-refractivity contribution in [1.29, 1.82) is 0 Å². The molecule has 4 heteroatoms. The third-order valence-electron chi connectivity index (χ3n) is 3.26. The molecule has 1 atom stereocenters. The Labute approximate surface area is 128 Å². The van der Waals surface area contributed by atoms with Crippen LogP contribution < -0.4 is 5.73 Å². The van der Waals surface area contributed by atoms with E-state index in [0.29, 0.717) is 0 Å². The lowest BCUT2D eigenvalue weighted by Gasteiger charge is -2.08. The van der Waals surface area contributed by atoms with Crippen LogP contribution in [0.4, 0.5) is 0 Å². The molecular weight excluding hydrogens is 278 g/mol. The van der Waals surface area contributed by atoms with E-state index in [1.165, 1.54) is 0 Å². The van der Waals surface area contributed by atoms with Gasteiger partial charge in [-0.25, -0.2) is 4.98 Å². The molecule has 0 amide bonds. The fourth-order valence-electron chi connectivity index (χ4n) is 2.23. The molecule has 3 nitrogen and oxygen atoms in total. The summed E-state index contributed by atoms with van der Waals surface area (Å²) < 4.78 is 0. The van der Waals surface area contributed by atoms with Gasteiger partial charge >= 0.3 is 0 Å². The molecule has 2 N–H and O–H groups in total. The van der Waals surface area contributed by atoms with Gasteiger partial charge < -0.3 is 5.73 Å². The van der Waals surface area contributed by atoms with E-state index < -0.39 is 0 Å². The highest BCUT2D eigenvalue weighted by molar-refractivity contribution is 7.09. The van der Waals surface area contributed by atoms with E-state index in [-0.39, 0.29) is 6.04 Å². The molecule has 0 saturated heterocycles. The molecule has 0 aliphatic carbocycles. The number of nitrogens with zero attached hydrogens (tertiary/aromatic N) is 2. The van der Waals surface area contributed by atoms with Crippen molar-refractivity contribution in [2.75, 3.05) is 0 Å². The molecule has 2 aromatic heterocycles. The van der Waals surface area contributed by atoms with Gasteiger partial charge in [0, 0.05) is 41.7 Å². The van der Waals surface area contributed by atoms with Crippen LogP contribution in [0.2, 0.25) is 0 Å². The summed E-state index contributed by atoms with van der Waals surface area (Å²) in [5, 5.41) is 3.18. The summed E-state index contributed by atoms with van der Waals surface area (Å²) in [5.41, 5.74) is 9.42. The van der Waals surface area contributed by atoms with Crippen LogP contribution in [-0.4, -0.2) is 16.0 Å². The van der Waals surface area contributed by atoms with E-state index >= 15 is 0 Å². The number of nitrogens with two attached hydrogens (primary N) is 1. The van der Waals surface area contributed by atoms with Gasteiger partial charge in [0.2, 0.25) is 0 Å². The van der Waals surface area contributed by atoms with Gasteiger partial charge in [-0.15, -0.1) is 11.3 Å². The lowest BCUT2D eigenvalue weighted by atomic mass is 10.1. The maximum atomic E-state index is 6.21. The number of benzene rings is 1. The number of thiazole rings is 1. The van der Waals surface area contributed by atoms with Gasteiger partial charge in [0.25, 0.3) is 0 Å². The van der Waals surface area contributed by atoms with Crippen LogP contribution in [0.5, 0.6) is 0 Å². The average Bonchev–Trinajstić information content (AvgIpc) is 2.97. The number of hydrogen-bond acceptors (Lipinski definition) is 4. The van der Waals surface area contributed by atoms with Gasteiger partial charge in [-0.3, -0.25) is 4.98 Å². The zero-order valence-electron chi connectivity index (χ0n) is 11.6. The fraction of sp³-hybridized carbons (Fsp3) is 0.176. The number of aromatic nitrogens is 2. The van der Waals surface area contributed by atoms with Crippen molar-refractivity contribution < 1.29 is 0 Å². The van der Waals surface area contributed by atoms with E-state index in [1.807, 2.05) is 36.4 Å². The van der Waals surface area contributed by atoms with Crippen LogP contribution in [0.15, 0.2) is 60.1 Å². The quantitative estimate of drug-likeness (QED) is 0.785. The van der Waals surface area contributed by atoms with Crippen LogP contribution in [-0.2, 0) is 12.8 Å². The largest absolute Gasteiger partial charge is 0.327 e. The van der Waals surface area contributed by atoms with Crippen LogP contribution in [0.3, 0.4) is 0 Å². The lowest BCUT2D eigenvalue weighted by molar-refractivity contribution is 0.652. The Hall–Kier alpha value is -2.04. The van der Waals surface area contributed by atoms with Crippen LogP contribution in [0.1, 0.15) is 10.7 Å². The second-order valence-corrected chi connectivity index (χ2v) is 5.92. The topological polar surface area (TPSA) is 51.8 Å². The molecule has 0 aliphatic rings. The molecule has 21 heavy (non-hydrogen) atoms. The first-order valence-corrected chi connectivity index (χ1v) is 7.84. The van der Waals surface area contributed by atoms with Gasteiger partial charge in [-0.05, 0) is 12.1 Å². The Morgan fingerprint density at radius 1 is 1.00 bits per heavy atom. The Balaban J connectivity index is 1.65. The number of rotatable bonds is 5. The molecule has 3 rings (SSSR count). The van der Waals surface area contributed by atoms with Gasteiger partial charge in [0.1, 0.15) is 0 Å². The predicted octanol–water partition coefficient (Wildman–Crippen LogP) is 3.32. The molecule has 0 spiro atoms. The first kappa shape index (κ1) is 13.9. The number of pyridine rings is 1. The molecule has 0 radical (unpaired) electrons. The summed E-state index contributed by atoms with van der Waals surface area (Å²) in [7, 11) is 0. The molecule has 0 bridgehead atoms. The van der Waals surface area contributed by atoms with E-state index in [0.717, 1.165) is 34.8 Å². The molecular formula is C17H17N3S. The standard InChI is InChI=1S/C17H17N3S/c18-14(10-15-8-4-5-9-19-15)11-17-20-16(12-21-17)13-6-2-1-3-7-13/h1-9,12,14H,10-11,18H2. The molecule has 0 fully saturated rings. The Morgan fingerprint density at radius 2 is 1.81 bits per heavy atom. The third kappa shape index (κ3) is 3.74. The molecule has 1 aromatic carbocycles. The van der Waals surface area contributed by atoms with E-state index in [2.05, 4.69) is 27.5 Å². The molecule has 0 saturated carbocycles. The highest BCUT2D eigenvalue weighted by atomic mass is 32.1. The second kappa shape index (κ2) is 6.61. The van der Waals surface area contributed by atoms with E-state index in [1.54, 1.807) is 17.5 Å². The van der Waals surface area contributed by atoms with Crippen molar-refractivity contribution in [3.63, 3.8) is 0 Å². The summed E-state index contributed by atoms with van der Waals surface area (Å²) in [6, 6.07) is 16.2. The lowest BCUT2D eigenvalue weighted by Crippen LogP contribution is -2.25. The highest BCUT2D eigenvalue weighted by Crippen LogP contribution is 2.22. The van der Waals surface area contributed by atoms with Crippen molar-refractivity contribution in [3.05, 3.63) is 70.8 Å². The van der Waals surface area contributed by atoms with Crippen molar-refractivity contribution in [2.45, 2.75) is 18.9 Å². The maximum Gasteiger partial charge on any atom is 0.0948 e. The minimum atomic E-state index is 0.0506. The van der Waals surface area contributed by atoms with Crippen LogP contribution in [0.25, 0.3) is 11.3 Å². The smallest absolute Gasteiger partial charge is 0.0948 e. The third-order valence-corrected chi connectivity index (χ3v) is 4.13. The normalized spacial score (nSPS) is 12.2. The summed E-state index contributed by atoms with van der Waals surface area (Å²) in [5.74, 6) is 0. The van der Waals surface area contributed by atoms with Crippen molar-refractivity contribution >= 4 is 11.3 Å². The zero-order valence-corrected chi connectivity index (χ0v) is 12.5. The predicted molar refractivity (Wildman–Crippen MR) is 87.2 cm³/mol. The van der Waals surface area contributed by atoms with Gasteiger partial charge in [0.05, 0.1) is 10.7 Å². The molecule has 0 aliphatic heterocycles. The summed E-state index contributed by atoms with van der Waals surface area (Å²) in [6.07, 6.45) is 3.37. The number of hydrogen-bond donors (Lipinski definition) is 1. The van der Waals surface area contributed by atoms with Gasteiger partial charge in [0.15, 0.2) is 0 Å². The van der Waals surface area contributed by atoms with Crippen molar-refractivity contribution in [2.24, 2.45) is 5.73 Å². The highest BCUT2D eigenvalue weighted by Gasteiger charge is 2.10. The fourth-order valence-corrected chi connectivity index (χ4v) is 3.13. The van der Waals surface area contributed by atoms with Crippen molar-refractivity contribution in [3.8, 4) is 11.3 Å². The SMILES string of the molecule is NC(Cc1ccccn1)Cc1nc(-c2ccccc2)cs1.